The zero-order chi connectivity index (χ0) is 14.2. The number of aromatic nitrogens is 1. The van der Waals surface area contributed by atoms with E-state index in [1.807, 2.05) is 29.5 Å². The number of amides is 1. The third kappa shape index (κ3) is 2.79. The van der Waals surface area contributed by atoms with Gasteiger partial charge in [-0.15, -0.1) is 0 Å². The number of nitrogens with zero attached hydrogens (tertiary/aromatic N) is 2. The van der Waals surface area contributed by atoms with Crippen molar-refractivity contribution < 1.29 is 4.79 Å². The number of hydrogen-bond acceptors (Lipinski definition) is 2. The van der Waals surface area contributed by atoms with E-state index in [0.29, 0.717) is 23.2 Å². The zero-order valence-electron chi connectivity index (χ0n) is 11.8. The van der Waals surface area contributed by atoms with Crippen molar-refractivity contribution in [3.63, 3.8) is 0 Å². The summed E-state index contributed by atoms with van der Waals surface area (Å²) in [6.45, 7) is 7.56. The summed E-state index contributed by atoms with van der Waals surface area (Å²) in [7, 11) is 0. The molecular formula is C14H22ClN3O. The summed E-state index contributed by atoms with van der Waals surface area (Å²) < 4.78 is 1.94. The molecule has 1 aliphatic rings. The monoisotopic (exact) mass is 283 g/mol. The van der Waals surface area contributed by atoms with Crippen molar-refractivity contribution in [2.24, 2.45) is 11.7 Å². The molecule has 2 heterocycles. The van der Waals surface area contributed by atoms with Gasteiger partial charge in [-0.05, 0) is 45.7 Å². The Labute approximate surface area is 119 Å². The third-order valence-corrected chi connectivity index (χ3v) is 4.05. The average molecular weight is 284 g/mol. The third-order valence-electron chi connectivity index (χ3n) is 3.85. The Morgan fingerprint density at radius 2 is 2.26 bits per heavy atom. The molecule has 5 heteroatoms. The molecule has 0 aliphatic carbocycles. The second-order valence-electron chi connectivity index (χ2n) is 5.69. The smallest absolute Gasteiger partial charge is 0.270 e. The lowest BCUT2D eigenvalue weighted by Crippen LogP contribution is -2.35. The van der Waals surface area contributed by atoms with Crippen LogP contribution in [0.5, 0.6) is 0 Å². The van der Waals surface area contributed by atoms with E-state index in [-0.39, 0.29) is 18.0 Å². The summed E-state index contributed by atoms with van der Waals surface area (Å²) in [6.07, 6.45) is 2.80. The van der Waals surface area contributed by atoms with Gasteiger partial charge in [0.15, 0.2) is 0 Å². The van der Waals surface area contributed by atoms with Gasteiger partial charge in [0.2, 0.25) is 0 Å². The summed E-state index contributed by atoms with van der Waals surface area (Å²) in [6, 6.07) is 2.22. The lowest BCUT2D eigenvalue weighted by atomic mass is 10.1. The van der Waals surface area contributed by atoms with E-state index in [1.165, 1.54) is 0 Å². The predicted molar refractivity (Wildman–Crippen MR) is 77.5 cm³/mol. The maximum Gasteiger partial charge on any atom is 0.270 e. The summed E-state index contributed by atoms with van der Waals surface area (Å²) >= 11 is 6.04. The Bertz CT molecular complexity index is 469. The van der Waals surface area contributed by atoms with Crippen molar-refractivity contribution in [2.45, 2.75) is 39.3 Å². The largest absolute Gasteiger partial charge is 0.339 e. The SMILES string of the molecule is CC1CC(CN)CN1C(=O)c1cc(Cl)cn1C(C)C. The van der Waals surface area contributed by atoms with Crippen LogP contribution in [-0.2, 0) is 0 Å². The number of carbonyl (C=O) groups excluding carboxylic acids is 1. The van der Waals surface area contributed by atoms with Crippen molar-refractivity contribution in [3.8, 4) is 0 Å². The van der Waals surface area contributed by atoms with Gasteiger partial charge in [-0.25, -0.2) is 0 Å². The van der Waals surface area contributed by atoms with Crippen molar-refractivity contribution in [1.82, 2.24) is 9.47 Å². The van der Waals surface area contributed by atoms with E-state index >= 15 is 0 Å². The van der Waals surface area contributed by atoms with Gasteiger partial charge in [0, 0.05) is 24.8 Å². The van der Waals surface area contributed by atoms with Crippen LogP contribution in [0.1, 0.15) is 43.7 Å². The van der Waals surface area contributed by atoms with Crippen LogP contribution in [0, 0.1) is 5.92 Å². The number of halogens is 1. The summed E-state index contributed by atoms with van der Waals surface area (Å²) in [5.74, 6) is 0.473. The van der Waals surface area contributed by atoms with Crippen molar-refractivity contribution in [1.29, 1.82) is 0 Å². The predicted octanol–water partition coefficient (Wildman–Crippen LogP) is 2.53. The molecule has 2 rings (SSSR count). The van der Waals surface area contributed by atoms with Gasteiger partial charge in [-0.3, -0.25) is 4.79 Å². The fourth-order valence-electron chi connectivity index (χ4n) is 2.79. The number of nitrogens with two attached hydrogens (primary N) is 1. The molecule has 0 spiro atoms. The highest BCUT2D eigenvalue weighted by molar-refractivity contribution is 6.31. The van der Waals surface area contributed by atoms with Crippen molar-refractivity contribution in [2.75, 3.05) is 13.1 Å². The first-order valence-electron chi connectivity index (χ1n) is 6.82. The molecule has 1 fully saturated rings. The minimum Gasteiger partial charge on any atom is -0.339 e. The molecule has 0 saturated carbocycles. The quantitative estimate of drug-likeness (QED) is 0.927. The standard InChI is InChI=1S/C14H22ClN3O/c1-9(2)17-8-12(15)5-13(17)14(19)18-7-11(6-16)4-10(18)3/h5,8-11H,4,6-7,16H2,1-3H3. The topological polar surface area (TPSA) is 51.3 Å². The molecule has 106 valence electrons. The van der Waals surface area contributed by atoms with E-state index in [0.717, 1.165) is 13.0 Å². The Balaban J connectivity index is 2.25. The second kappa shape index (κ2) is 5.55. The molecule has 2 atom stereocenters. The molecule has 19 heavy (non-hydrogen) atoms. The fraction of sp³-hybridized carbons (Fsp3) is 0.643. The van der Waals surface area contributed by atoms with Crippen LogP contribution >= 0.6 is 11.6 Å². The number of rotatable bonds is 3. The molecule has 2 unspecified atom stereocenters. The van der Waals surface area contributed by atoms with Crippen molar-refractivity contribution >= 4 is 17.5 Å². The van der Waals surface area contributed by atoms with E-state index < -0.39 is 0 Å². The van der Waals surface area contributed by atoms with Crippen LogP contribution < -0.4 is 5.73 Å². The maximum absolute atomic E-state index is 12.7. The molecule has 1 aromatic heterocycles. The summed E-state index contributed by atoms with van der Waals surface area (Å²) in [5.41, 5.74) is 6.39. The normalized spacial score (nSPS) is 23.4. The van der Waals surface area contributed by atoms with E-state index in [1.54, 1.807) is 6.07 Å². The van der Waals surface area contributed by atoms with E-state index in [9.17, 15) is 4.79 Å². The molecule has 0 bridgehead atoms. The highest BCUT2D eigenvalue weighted by Crippen LogP contribution is 2.26. The first kappa shape index (κ1) is 14.4. The van der Waals surface area contributed by atoms with Crippen LogP contribution in [0.2, 0.25) is 5.02 Å². The minimum atomic E-state index is 0.0593. The van der Waals surface area contributed by atoms with Crippen LogP contribution in [0.25, 0.3) is 0 Å². The van der Waals surface area contributed by atoms with Gasteiger partial charge in [0.25, 0.3) is 5.91 Å². The summed E-state index contributed by atoms with van der Waals surface area (Å²) in [5, 5.41) is 0.610. The van der Waals surface area contributed by atoms with Gasteiger partial charge in [-0.2, -0.15) is 0 Å². The lowest BCUT2D eigenvalue weighted by molar-refractivity contribution is 0.0731. The molecule has 0 aromatic carbocycles. The maximum atomic E-state index is 12.7. The van der Waals surface area contributed by atoms with Gasteiger partial charge in [-0.1, -0.05) is 11.6 Å². The van der Waals surface area contributed by atoms with Crippen LogP contribution in [-0.4, -0.2) is 34.5 Å². The van der Waals surface area contributed by atoms with Crippen LogP contribution in [0.3, 0.4) is 0 Å². The second-order valence-corrected chi connectivity index (χ2v) is 6.12. The Morgan fingerprint density at radius 1 is 1.58 bits per heavy atom. The number of likely N-dealkylation sites (tertiary alicyclic amines) is 1. The molecule has 4 nitrogen and oxygen atoms in total. The molecule has 1 saturated heterocycles. The Hall–Kier alpha value is -1.00. The average Bonchev–Trinajstić information content (AvgIpc) is 2.91. The van der Waals surface area contributed by atoms with Crippen LogP contribution in [0.4, 0.5) is 0 Å². The van der Waals surface area contributed by atoms with Gasteiger partial charge >= 0.3 is 0 Å². The summed E-state index contributed by atoms with van der Waals surface area (Å²) in [4.78, 5) is 14.6. The van der Waals surface area contributed by atoms with Crippen molar-refractivity contribution in [3.05, 3.63) is 23.0 Å². The van der Waals surface area contributed by atoms with Gasteiger partial charge < -0.3 is 15.2 Å². The first-order valence-corrected chi connectivity index (χ1v) is 7.20. The molecule has 0 radical (unpaired) electrons. The van der Waals surface area contributed by atoms with E-state index in [4.69, 9.17) is 17.3 Å². The zero-order valence-corrected chi connectivity index (χ0v) is 12.5. The molecular weight excluding hydrogens is 262 g/mol. The Morgan fingerprint density at radius 3 is 2.79 bits per heavy atom. The lowest BCUT2D eigenvalue weighted by Gasteiger charge is -2.23. The fourth-order valence-corrected chi connectivity index (χ4v) is 3.00. The van der Waals surface area contributed by atoms with Gasteiger partial charge in [0.05, 0.1) is 5.02 Å². The molecule has 2 N–H and O–H groups in total. The molecule has 1 aromatic rings. The number of carbonyl (C=O) groups is 1. The van der Waals surface area contributed by atoms with E-state index in [2.05, 4.69) is 6.92 Å². The molecule has 1 amide bonds. The highest BCUT2D eigenvalue weighted by Gasteiger charge is 2.33. The highest BCUT2D eigenvalue weighted by atomic mass is 35.5. The first-order chi connectivity index (χ1) is 8.93. The minimum absolute atomic E-state index is 0.0593. The Kier molecular flexibility index (Phi) is 4.21. The van der Waals surface area contributed by atoms with Gasteiger partial charge in [0.1, 0.15) is 5.69 Å². The van der Waals surface area contributed by atoms with Crippen LogP contribution in [0.15, 0.2) is 12.3 Å². The number of hydrogen-bond donors (Lipinski definition) is 1. The molecule has 1 aliphatic heterocycles.